The number of hydrogen-bond acceptors (Lipinski definition) is 3. The average molecular weight is 422 g/mol. The molecule has 28 heavy (non-hydrogen) atoms. The number of benzene rings is 2. The second-order valence-electron chi connectivity index (χ2n) is 6.88. The van der Waals surface area contributed by atoms with Gasteiger partial charge in [-0.3, -0.25) is 4.21 Å². The van der Waals surface area contributed by atoms with Crippen LogP contribution in [0.4, 0.5) is 13.2 Å². The van der Waals surface area contributed by atoms with Gasteiger partial charge in [0.2, 0.25) is 0 Å². The summed E-state index contributed by atoms with van der Waals surface area (Å²) >= 11 is 1.16. The summed E-state index contributed by atoms with van der Waals surface area (Å²) in [5.41, 5.74) is 2.84. The summed E-state index contributed by atoms with van der Waals surface area (Å²) in [5.74, 6) is 4.11. The molecular formula is C20H17F3N2OS2. The molecule has 0 fully saturated rings. The first-order chi connectivity index (χ1) is 13.1. The molecule has 0 radical (unpaired) electrons. The van der Waals surface area contributed by atoms with Gasteiger partial charge >= 0.3 is 6.18 Å². The molecule has 0 aliphatic carbocycles. The summed E-state index contributed by atoms with van der Waals surface area (Å²) in [4.78, 5) is 0.683. The highest BCUT2D eigenvalue weighted by molar-refractivity contribution is 7.99. The monoisotopic (exact) mass is 422 g/mol. The maximum absolute atomic E-state index is 13.6. The van der Waals surface area contributed by atoms with Crippen molar-refractivity contribution in [2.75, 3.05) is 6.26 Å². The maximum atomic E-state index is 13.6. The number of alkyl halides is 3. The van der Waals surface area contributed by atoms with Crippen molar-refractivity contribution in [3.63, 3.8) is 0 Å². The summed E-state index contributed by atoms with van der Waals surface area (Å²) in [7, 11) is -2.40. The molecule has 1 aliphatic rings. The highest BCUT2D eigenvalue weighted by Gasteiger charge is 2.41. The Morgan fingerprint density at radius 1 is 1.18 bits per heavy atom. The van der Waals surface area contributed by atoms with Gasteiger partial charge < -0.3 is 0 Å². The number of nitrogens with zero attached hydrogens (tertiary/aromatic N) is 2. The van der Waals surface area contributed by atoms with Crippen molar-refractivity contribution in [3.8, 4) is 16.9 Å². The fourth-order valence-corrected chi connectivity index (χ4v) is 5.12. The predicted octanol–water partition coefficient (Wildman–Crippen LogP) is 5.18. The van der Waals surface area contributed by atoms with E-state index in [9.17, 15) is 17.4 Å². The maximum Gasteiger partial charge on any atom is 0.436 e. The van der Waals surface area contributed by atoms with Crippen molar-refractivity contribution in [3.05, 3.63) is 59.3 Å². The van der Waals surface area contributed by atoms with Crippen LogP contribution in [-0.2, 0) is 21.5 Å². The molecule has 2 heterocycles. The van der Waals surface area contributed by atoms with Gasteiger partial charge in [-0.15, -0.1) is 11.8 Å². The van der Waals surface area contributed by atoms with Crippen LogP contribution in [-0.4, -0.2) is 26.1 Å². The molecule has 2 aromatic carbocycles. The number of aryl methyl sites for hydroxylation is 1. The zero-order valence-electron chi connectivity index (χ0n) is 15.2. The van der Waals surface area contributed by atoms with Gasteiger partial charge in [0.1, 0.15) is 0 Å². The van der Waals surface area contributed by atoms with Crippen LogP contribution in [0.15, 0.2) is 52.3 Å². The summed E-state index contributed by atoms with van der Waals surface area (Å²) in [6, 6.07) is 12.2. The Bertz CT molecular complexity index is 1180. The SMILES string of the molecule is C=S(C)(=O)c1ccc(-n2nc(C(F)(F)F)c3c2-c2ccc(C)cc2CS3)cc1. The number of rotatable bonds is 2. The van der Waals surface area contributed by atoms with Crippen LogP contribution in [0.3, 0.4) is 0 Å². The number of fused-ring (bicyclic) bond motifs is 3. The van der Waals surface area contributed by atoms with E-state index >= 15 is 0 Å². The standard InChI is InChI=1S/C20H17F3N2OS2/c1-12-4-9-16-13(10-12)11-27-18-17(16)25(24-19(18)20(21,22)23)14-5-7-15(8-6-14)28(2,3)26/h4-10H,2,11H2,1,3H3. The molecule has 0 amide bonds. The lowest BCUT2D eigenvalue weighted by Crippen LogP contribution is -2.08. The zero-order valence-corrected chi connectivity index (χ0v) is 16.8. The molecule has 1 atom stereocenters. The van der Waals surface area contributed by atoms with Crippen LogP contribution in [0.2, 0.25) is 0 Å². The van der Waals surface area contributed by atoms with Crippen LogP contribution in [0.25, 0.3) is 16.9 Å². The van der Waals surface area contributed by atoms with E-state index in [-0.39, 0.29) is 4.90 Å². The number of thioether (sulfide) groups is 1. The summed E-state index contributed by atoms with van der Waals surface area (Å²) in [5, 5.41) is 3.93. The first-order valence-corrected chi connectivity index (χ1v) is 11.5. The van der Waals surface area contributed by atoms with E-state index in [0.29, 0.717) is 22.0 Å². The molecule has 0 bridgehead atoms. The molecule has 3 nitrogen and oxygen atoms in total. The van der Waals surface area contributed by atoms with E-state index in [1.54, 1.807) is 24.3 Å². The molecule has 1 unspecified atom stereocenters. The molecular weight excluding hydrogens is 405 g/mol. The summed E-state index contributed by atoms with van der Waals surface area (Å²) in [6.07, 6.45) is -3.02. The third kappa shape index (κ3) is 3.24. The van der Waals surface area contributed by atoms with Gasteiger partial charge in [-0.2, -0.15) is 18.3 Å². The molecule has 146 valence electrons. The third-order valence-electron chi connectivity index (χ3n) is 4.58. The van der Waals surface area contributed by atoms with Crippen LogP contribution in [0.5, 0.6) is 0 Å². The smallest absolute Gasteiger partial charge is 0.263 e. The van der Waals surface area contributed by atoms with Crippen molar-refractivity contribution in [2.45, 2.75) is 28.6 Å². The van der Waals surface area contributed by atoms with Gasteiger partial charge in [-0.05, 0) is 52.1 Å². The highest BCUT2D eigenvalue weighted by atomic mass is 32.2. The second-order valence-corrected chi connectivity index (χ2v) is 10.4. The molecule has 1 aromatic heterocycles. The van der Waals surface area contributed by atoms with Crippen molar-refractivity contribution < 1.29 is 17.4 Å². The van der Waals surface area contributed by atoms with Crippen molar-refractivity contribution >= 4 is 27.2 Å². The van der Waals surface area contributed by atoms with Gasteiger partial charge in [0.25, 0.3) is 0 Å². The summed E-state index contributed by atoms with van der Waals surface area (Å²) in [6.45, 7) is 1.96. The van der Waals surface area contributed by atoms with Crippen LogP contribution >= 0.6 is 11.8 Å². The molecule has 1 aliphatic heterocycles. The lowest BCUT2D eigenvalue weighted by atomic mass is 10.0. The lowest BCUT2D eigenvalue weighted by Gasteiger charge is -2.19. The van der Waals surface area contributed by atoms with Crippen LogP contribution in [0.1, 0.15) is 16.8 Å². The Labute approximate surface area is 165 Å². The summed E-state index contributed by atoms with van der Waals surface area (Å²) < 4.78 is 54.3. The first kappa shape index (κ1) is 19.1. The van der Waals surface area contributed by atoms with Gasteiger partial charge in [0.05, 0.1) is 16.3 Å². The fraction of sp³-hybridized carbons (Fsp3) is 0.200. The van der Waals surface area contributed by atoms with E-state index in [1.165, 1.54) is 10.9 Å². The highest BCUT2D eigenvalue weighted by Crippen LogP contribution is 2.48. The minimum absolute atomic E-state index is 0.143. The zero-order chi connectivity index (χ0) is 20.3. The molecule has 0 saturated carbocycles. The Hall–Kier alpha value is -2.19. The first-order valence-electron chi connectivity index (χ1n) is 8.41. The quantitative estimate of drug-likeness (QED) is 0.534. The number of hydrogen-bond donors (Lipinski definition) is 0. The normalized spacial score (nSPS) is 15.6. The molecule has 4 rings (SSSR count). The van der Waals surface area contributed by atoms with Crippen molar-refractivity contribution in [1.82, 2.24) is 9.78 Å². The minimum Gasteiger partial charge on any atom is -0.263 e. The molecule has 8 heteroatoms. The topological polar surface area (TPSA) is 34.9 Å². The van der Waals surface area contributed by atoms with E-state index in [0.717, 1.165) is 28.5 Å². The Kier molecular flexibility index (Phi) is 4.39. The van der Waals surface area contributed by atoms with Gasteiger partial charge in [0, 0.05) is 22.5 Å². The second kappa shape index (κ2) is 6.42. The Balaban J connectivity index is 1.96. The Morgan fingerprint density at radius 2 is 1.86 bits per heavy atom. The van der Waals surface area contributed by atoms with Crippen molar-refractivity contribution in [2.24, 2.45) is 0 Å². The van der Waals surface area contributed by atoms with E-state index in [2.05, 4.69) is 11.0 Å². The molecule has 0 N–H and O–H groups in total. The van der Waals surface area contributed by atoms with E-state index < -0.39 is 21.4 Å². The lowest BCUT2D eigenvalue weighted by molar-refractivity contribution is -0.143. The number of halogens is 3. The minimum atomic E-state index is -4.55. The molecule has 0 spiro atoms. The van der Waals surface area contributed by atoms with E-state index in [1.807, 2.05) is 25.1 Å². The molecule has 0 saturated heterocycles. The van der Waals surface area contributed by atoms with Crippen LogP contribution < -0.4 is 0 Å². The largest absolute Gasteiger partial charge is 0.436 e. The fourth-order valence-electron chi connectivity index (χ4n) is 3.25. The average Bonchev–Trinajstić information content (AvgIpc) is 3.01. The van der Waals surface area contributed by atoms with Crippen molar-refractivity contribution in [1.29, 1.82) is 0 Å². The number of aromatic nitrogens is 2. The van der Waals surface area contributed by atoms with Gasteiger partial charge in [-0.25, -0.2) is 4.68 Å². The van der Waals surface area contributed by atoms with Gasteiger partial charge in [-0.1, -0.05) is 23.8 Å². The third-order valence-corrected chi connectivity index (χ3v) is 6.98. The van der Waals surface area contributed by atoms with Gasteiger partial charge in [0.15, 0.2) is 5.69 Å². The molecule has 3 aromatic rings. The van der Waals surface area contributed by atoms with E-state index in [4.69, 9.17) is 0 Å². The van der Waals surface area contributed by atoms with Crippen LogP contribution in [0, 0.1) is 6.92 Å². The Morgan fingerprint density at radius 3 is 2.46 bits per heavy atom. The predicted molar refractivity (Wildman–Crippen MR) is 108 cm³/mol.